The fourth-order valence-electron chi connectivity index (χ4n) is 3.63. The van der Waals surface area contributed by atoms with Crippen LogP contribution in [0.4, 0.5) is 0 Å². The van der Waals surface area contributed by atoms with Gasteiger partial charge in [-0.2, -0.15) is 10.4 Å². The zero-order valence-electron chi connectivity index (χ0n) is 12.8. The van der Waals surface area contributed by atoms with E-state index in [1.807, 2.05) is 6.07 Å². The summed E-state index contributed by atoms with van der Waals surface area (Å²) in [6.45, 7) is 1.39. The number of carbonyl (C=O) groups excluding carboxylic acids is 1. The summed E-state index contributed by atoms with van der Waals surface area (Å²) in [6, 6.07) is 2.66. The summed E-state index contributed by atoms with van der Waals surface area (Å²) in [7, 11) is 2.11. The summed E-state index contributed by atoms with van der Waals surface area (Å²) < 4.78 is 7.11. The average Bonchev–Trinajstić information content (AvgIpc) is 2.96. The molecule has 7 nitrogen and oxygen atoms in total. The summed E-state index contributed by atoms with van der Waals surface area (Å²) in [5.74, 6) is 0.105. The van der Waals surface area contributed by atoms with Crippen LogP contribution in [-0.2, 0) is 4.74 Å². The first-order valence-corrected chi connectivity index (χ1v) is 7.74. The molecule has 0 amide bonds. The number of aromatic nitrogens is 3. The zero-order chi connectivity index (χ0) is 16.0. The zero-order valence-corrected chi connectivity index (χ0v) is 12.8. The number of likely N-dealkylation sites (N-methyl/N-ethyl adjacent to an activating group) is 1. The van der Waals surface area contributed by atoms with E-state index in [0.29, 0.717) is 42.1 Å². The minimum atomic E-state index is -0.00431. The largest absolute Gasteiger partial charge is 0.378 e. The van der Waals surface area contributed by atoms with Gasteiger partial charge in [0, 0.05) is 30.4 Å². The maximum Gasteiger partial charge on any atom is 0.172 e. The van der Waals surface area contributed by atoms with E-state index in [1.54, 1.807) is 12.4 Å². The topological polar surface area (TPSA) is 83.5 Å². The monoisotopic (exact) mass is 311 g/mol. The molecule has 2 atom stereocenters. The van der Waals surface area contributed by atoms with Crippen molar-refractivity contribution < 1.29 is 9.53 Å². The second-order valence-corrected chi connectivity index (χ2v) is 6.32. The smallest absolute Gasteiger partial charge is 0.172 e. The Balaban J connectivity index is 1.61. The quantitative estimate of drug-likeness (QED) is 0.766. The Bertz CT molecular complexity index is 794. The fourth-order valence-corrected chi connectivity index (χ4v) is 3.63. The fraction of sp³-hybridized carbons (Fsp3) is 0.500. The molecule has 4 heterocycles. The first kappa shape index (κ1) is 14.3. The van der Waals surface area contributed by atoms with Crippen molar-refractivity contribution in [3.05, 3.63) is 29.7 Å². The van der Waals surface area contributed by atoms with E-state index >= 15 is 0 Å². The first-order valence-electron chi connectivity index (χ1n) is 7.74. The van der Waals surface area contributed by atoms with Gasteiger partial charge in [-0.3, -0.25) is 9.69 Å². The SMILES string of the molecule is CN1C2COCC1CC(C(=O)c1cnc3c(C#N)cnn3c1)C2. The molecule has 23 heavy (non-hydrogen) atoms. The van der Waals surface area contributed by atoms with Gasteiger partial charge >= 0.3 is 0 Å². The van der Waals surface area contributed by atoms with Gasteiger partial charge in [-0.25, -0.2) is 9.50 Å². The molecule has 7 heteroatoms. The lowest BCUT2D eigenvalue weighted by Crippen LogP contribution is -2.55. The molecular weight excluding hydrogens is 294 g/mol. The number of ketones is 1. The van der Waals surface area contributed by atoms with E-state index in [9.17, 15) is 4.79 Å². The Morgan fingerprint density at radius 1 is 1.35 bits per heavy atom. The highest BCUT2D eigenvalue weighted by Crippen LogP contribution is 2.32. The molecular formula is C16H17N5O2. The molecule has 0 spiro atoms. The number of carbonyl (C=O) groups is 1. The van der Waals surface area contributed by atoms with Gasteiger partial charge in [0.1, 0.15) is 11.6 Å². The lowest BCUT2D eigenvalue weighted by Gasteiger charge is -2.46. The number of fused-ring (bicyclic) bond motifs is 3. The van der Waals surface area contributed by atoms with Gasteiger partial charge in [0.05, 0.1) is 25.0 Å². The minimum absolute atomic E-state index is 0.00431. The molecule has 4 rings (SSSR count). The summed E-state index contributed by atoms with van der Waals surface area (Å²) in [5, 5.41) is 13.1. The highest BCUT2D eigenvalue weighted by Gasteiger charge is 2.39. The van der Waals surface area contributed by atoms with Crippen LogP contribution in [0.1, 0.15) is 28.8 Å². The molecule has 2 aliphatic rings. The van der Waals surface area contributed by atoms with Crippen molar-refractivity contribution in [3.8, 4) is 6.07 Å². The summed E-state index contributed by atoms with van der Waals surface area (Å²) >= 11 is 0. The maximum absolute atomic E-state index is 12.9. The molecule has 118 valence electrons. The Morgan fingerprint density at radius 2 is 2.09 bits per heavy atom. The van der Waals surface area contributed by atoms with Gasteiger partial charge in [0.25, 0.3) is 0 Å². The minimum Gasteiger partial charge on any atom is -0.378 e. The Morgan fingerprint density at radius 3 is 2.78 bits per heavy atom. The normalized spacial score (nSPS) is 27.7. The number of rotatable bonds is 2. The van der Waals surface area contributed by atoms with Gasteiger partial charge in [-0.05, 0) is 19.9 Å². The Kier molecular flexibility index (Phi) is 3.36. The maximum atomic E-state index is 12.9. The van der Waals surface area contributed by atoms with Crippen LogP contribution >= 0.6 is 0 Å². The third-order valence-corrected chi connectivity index (χ3v) is 5.02. The van der Waals surface area contributed by atoms with Crippen molar-refractivity contribution in [1.29, 1.82) is 5.26 Å². The number of hydrogen-bond donors (Lipinski definition) is 0. The van der Waals surface area contributed by atoms with E-state index < -0.39 is 0 Å². The molecule has 0 aromatic carbocycles. The molecule has 2 saturated heterocycles. The van der Waals surface area contributed by atoms with Crippen LogP contribution in [0.5, 0.6) is 0 Å². The molecule has 0 aliphatic carbocycles. The number of ether oxygens (including phenoxy) is 1. The highest BCUT2D eigenvalue weighted by atomic mass is 16.5. The molecule has 2 unspecified atom stereocenters. The average molecular weight is 311 g/mol. The predicted octanol–water partition coefficient (Wildman–Crippen LogP) is 0.893. The molecule has 0 saturated carbocycles. The van der Waals surface area contributed by atoms with Crippen LogP contribution < -0.4 is 0 Å². The standard InChI is InChI=1S/C16H17N5O2/c1-20-13-2-10(3-14(20)9-23-8-13)15(22)12-5-18-16-11(4-17)6-19-21(16)7-12/h5-7,10,13-14H,2-3,8-9H2,1H3. The molecule has 0 radical (unpaired) electrons. The molecule has 2 aliphatic heterocycles. The van der Waals surface area contributed by atoms with Crippen LogP contribution in [0, 0.1) is 17.2 Å². The van der Waals surface area contributed by atoms with Crippen LogP contribution in [0.25, 0.3) is 5.65 Å². The van der Waals surface area contributed by atoms with Gasteiger partial charge < -0.3 is 4.74 Å². The van der Waals surface area contributed by atoms with E-state index in [0.717, 1.165) is 12.8 Å². The van der Waals surface area contributed by atoms with Crippen molar-refractivity contribution in [2.75, 3.05) is 20.3 Å². The Labute approximate surface area is 133 Å². The lowest BCUT2D eigenvalue weighted by atomic mass is 9.81. The second-order valence-electron chi connectivity index (χ2n) is 6.32. The molecule has 2 aromatic rings. The summed E-state index contributed by atoms with van der Waals surface area (Å²) in [4.78, 5) is 19.4. The molecule has 2 bridgehead atoms. The van der Waals surface area contributed by atoms with Gasteiger partial charge in [-0.15, -0.1) is 0 Å². The van der Waals surface area contributed by atoms with E-state index in [-0.39, 0.29) is 11.7 Å². The highest BCUT2D eigenvalue weighted by molar-refractivity contribution is 5.97. The van der Waals surface area contributed by atoms with E-state index in [1.165, 1.54) is 10.7 Å². The lowest BCUT2D eigenvalue weighted by molar-refractivity contribution is -0.0702. The number of nitrogens with zero attached hydrogens (tertiary/aromatic N) is 5. The van der Waals surface area contributed by atoms with Gasteiger partial charge in [-0.1, -0.05) is 0 Å². The van der Waals surface area contributed by atoms with Gasteiger partial charge in [0.2, 0.25) is 0 Å². The molecule has 0 N–H and O–H groups in total. The first-order chi connectivity index (χ1) is 11.2. The molecule has 2 fully saturated rings. The van der Waals surface area contributed by atoms with Crippen LogP contribution in [0.15, 0.2) is 18.6 Å². The number of nitriles is 1. The third kappa shape index (κ3) is 2.31. The Hall–Kier alpha value is -2.30. The number of Topliss-reactive ketones (excluding diaryl/α,β-unsaturated/α-hetero) is 1. The molecule has 2 aromatic heterocycles. The number of piperidine rings is 1. The van der Waals surface area contributed by atoms with Crippen molar-refractivity contribution in [1.82, 2.24) is 19.5 Å². The predicted molar refractivity (Wildman–Crippen MR) is 80.9 cm³/mol. The van der Waals surface area contributed by atoms with Crippen LogP contribution in [-0.4, -0.2) is 57.6 Å². The van der Waals surface area contributed by atoms with Crippen molar-refractivity contribution in [2.24, 2.45) is 5.92 Å². The van der Waals surface area contributed by atoms with Gasteiger partial charge in [0.15, 0.2) is 11.4 Å². The van der Waals surface area contributed by atoms with Crippen LogP contribution in [0.2, 0.25) is 0 Å². The second kappa shape index (κ2) is 5.41. The third-order valence-electron chi connectivity index (χ3n) is 5.02. The summed E-state index contributed by atoms with van der Waals surface area (Å²) in [5.41, 5.74) is 1.45. The summed E-state index contributed by atoms with van der Waals surface area (Å²) in [6.07, 6.45) is 6.33. The van der Waals surface area contributed by atoms with Crippen LogP contribution in [0.3, 0.4) is 0 Å². The number of morpholine rings is 1. The number of hydrogen-bond acceptors (Lipinski definition) is 6. The van der Waals surface area contributed by atoms with Crippen molar-refractivity contribution in [2.45, 2.75) is 24.9 Å². The van der Waals surface area contributed by atoms with E-state index in [4.69, 9.17) is 10.00 Å². The van der Waals surface area contributed by atoms with Crippen molar-refractivity contribution >= 4 is 11.4 Å². The van der Waals surface area contributed by atoms with E-state index in [2.05, 4.69) is 22.0 Å². The van der Waals surface area contributed by atoms with Crippen molar-refractivity contribution in [3.63, 3.8) is 0 Å².